The maximum atomic E-state index is 13.1. The van der Waals surface area contributed by atoms with Gasteiger partial charge in [0.2, 0.25) is 11.8 Å². The number of rotatable bonds is 8. The van der Waals surface area contributed by atoms with Crippen LogP contribution in [0.4, 0.5) is 17.2 Å². The predicted octanol–water partition coefficient (Wildman–Crippen LogP) is 3.97. The molecule has 0 bridgehead atoms. The van der Waals surface area contributed by atoms with E-state index in [1.165, 1.54) is 18.5 Å². The van der Waals surface area contributed by atoms with Crippen LogP contribution in [0.15, 0.2) is 54.6 Å². The Labute approximate surface area is 231 Å². The fraction of sp³-hybridized carbons (Fsp3) is 0.367. The lowest BCUT2D eigenvalue weighted by Crippen LogP contribution is -2.54. The van der Waals surface area contributed by atoms with Gasteiger partial charge in [0.25, 0.3) is 11.8 Å². The zero-order valence-electron chi connectivity index (χ0n) is 21.9. The Bertz CT molecular complexity index is 1520. The summed E-state index contributed by atoms with van der Waals surface area (Å²) in [6.07, 6.45) is 4.65. The first kappa shape index (κ1) is 24.6. The molecule has 2 aromatic carbocycles. The third kappa shape index (κ3) is 4.43. The number of aromatic nitrogens is 2. The molecule has 0 radical (unpaired) electrons. The van der Waals surface area contributed by atoms with Crippen molar-refractivity contribution < 1.29 is 19.2 Å². The molecule has 4 aliphatic rings. The molecule has 10 heteroatoms. The molecule has 3 aromatic rings. The van der Waals surface area contributed by atoms with E-state index in [2.05, 4.69) is 38.8 Å². The number of hydrogen-bond donors (Lipinski definition) is 3. The molecule has 1 unspecified atom stereocenters. The topological polar surface area (TPSA) is 125 Å². The molecule has 1 aromatic heterocycles. The molecule has 2 aliphatic heterocycles. The van der Waals surface area contributed by atoms with Crippen molar-refractivity contribution in [3.63, 3.8) is 0 Å². The van der Waals surface area contributed by atoms with Gasteiger partial charge in [-0.1, -0.05) is 18.2 Å². The van der Waals surface area contributed by atoms with Crippen molar-refractivity contribution in [2.75, 3.05) is 17.2 Å². The highest BCUT2D eigenvalue weighted by molar-refractivity contribution is 6.23. The van der Waals surface area contributed by atoms with E-state index in [1.54, 1.807) is 18.2 Å². The summed E-state index contributed by atoms with van der Waals surface area (Å²) in [6.45, 7) is 0.743. The van der Waals surface area contributed by atoms with E-state index in [-0.39, 0.29) is 29.9 Å². The third-order valence-corrected chi connectivity index (χ3v) is 8.39. The molecule has 2 aliphatic carbocycles. The molecule has 3 fully saturated rings. The number of para-hydroxylation sites is 1. The molecular formula is C30H30N6O4. The van der Waals surface area contributed by atoms with E-state index in [0.717, 1.165) is 41.5 Å². The predicted molar refractivity (Wildman–Crippen MR) is 147 cm³/mol. The second kappa shape index (κ2) is 9.62. The number of anilines is 3. The SMILES string of the molecule is O=C1CCC(N2C(=O)c3ccc(NC[C@H]4C[C@H](n5nc(C6CC6)cc5Nc5ccccc5)C4)cc3C2=O)C(=O)N1. The van der Waals surface area contributed by atoms with Crippen molar-refractivity contribution in [3.05, 3.63) is 71.4 Å². The number of nitrogens with zero attached hydrogens (tertiary/aromatic N) is 3. The number of amides is 4. The second-order valence-corrected chi connectivity index (χ2v) is 11.2. The lowest BCUT2D eigenvalue weighted by molar-refractivity contribution is -0.136. The van der Waals surface area contributed by atoms with Crippen molar-refractivity contribution in [1.29, 1.82) is 0 Å². The van der Waals surface area contributed by atoms with Crippen LogP contribution in [-0.4, -0.2) is 50.9 Å². The van der Waals surface area contributed by atoms with Gasteiger partial charge in [-0.15, -0.1) is 0 Å². The normalized spacial score (nSPS) is 24.0. The second-order valence-electron chi connectivity index (χ2n) is 11.2. The Kier molecular flexibility index (Phi) is 5.91. The smallest absolute Gasteiger partial charge is 0.262 e. The number of carbonyl (C=O) groups is 4. The fourth-order valence-corrected chi connectivity index (χ4v) is 5.94. The molecule has 0 spiro atoms. The summed E-state index contributed by atoms with van der Waals surface area (Å²) in [5.41, 5.74) is 3.54. The molecule has 1 saturated heterocycles. The van der Waals surface area contributed by atoms with Gasteiger partial charge in [0.1, 0.15) is 11.9 Å². The van der Waals surface area contributed by atoms with Crippen LogP contribution in [0.2, 0.25) is 0 Å². The molecule has 2 saturated carbocycles. The van der Waals surface area contributed by atoms with Gasteiger partial charge in [-0.25, -0.2) is 4.68 Å². The van der Waals surface area contributed by atoms with E-state index in [0.29, 0.717) is 17.9 Å². The summed E-state index contributed by atoms with van der Waals surface area (Å²) in [4.78, 5) is 50.8. The number of fused-ring (bicyclic) bond motifs is 1. The maximum absolute atomic E-state index is 13.1. The van der Waals surface area contributed by atoms with Gasteiger partial charge < -0.3 is 10.6 Å². The monoisotopic (exact) mass is 538 g/mol. The first-order valence-electron chi connectivity index (χ1n) is 14.0. The molecule has 40 heavy (non-hydrogen) atoms. The van der Waals surface area contributed by atoms with Crippen molar-refractivity contribution in [1.82, 2.24) is 20.0 Å². The molecule has 1 atom stereocenters. The van der Waals surface area contributed by atoms with E-state index < -0.39 is 23.8 Å². The number of hydrogen-bond acceptors (Lipinski definition) is 7. The van der Waals surface area contributed by atoms with E-state index in [1.807, 2.05) is 18.2 Å². The standard InChI is InChI=1S/C30H30N6O4/c37-27-11-10-25(28(38)33-27)35-29(39)22-9-8-20(14-23(22)30(35)40)31-16-17-12-21(13-17)36-26(15-24(34-36)18-6-7-18)32-19-4-2-1-3-5-19/h1-5,8-9,14-15,17-18,21,25,31-32H,6-7,10-13,16H2,(H,33,37,38)/t17-,21-,25?. The van der Waals surface area contributed by atoms with Crippen molar-refractivity contribution in [3.8, 4) is 0 Å². The number of carbonyl (C=O) groups excluding carboxylic acids is 4. The van der Waals surface area contributed by atoms with Crippen LogP contribution in [0, 0.1) is 5.92 Å². The van der Waals surface area contributed by atoms with Crippen LogP contribution < -0.4 is 16.0 Å². The number of nitrogens with one attached hydrogen (secondary N) is 3. The molecule has 7 rings (SSSR count). The first-order chi connectivity index (χ1) is 19.4. The van der Waals surface area contributed by atoms with Crippen LogP contribution >= 0.6 is 0 Å². The quantitative estimate of drug-likeness (QED) is 0.371. The van der Waals surface area contributed by atoms with Gasteiger partial charge in [-0.2, -0.15) is 5.10 Å². The summed E-state index contributed by atoms with van der Waals surface area (Å²) in [5, 5.41) is 14.2. The molecular weight excluding hydrogens is 508 g/mol. The highest BCUT2D eigenvalue weighted by Crippen LogP contribution is 2.44. The average Bonchev–Trinajstić information content (AvgIpc) is 3.65. The zero-order chi connectivity index (χ0) is 27.4. The molecule has 3 heterocycles. The Morgan fingerprint density at radius 1 is 0.875 bits per heavy atom. The van der Waals surface area contributed by atoms with Crippen molar-refractivity contribution >= 4 is 40.8 Å². The summed E-state index contributed by atoms with van der Waals surface area (Å²) >= 11 is 0. The summed E-state index contributed by atoms with van der Waals surface area (Å²) in [5.74, 6) is 0.0865. The van der Waals surface area contributed by atoms with Gasteiger partial charge in [0.05, 0.1) is 22.9 Å². The highest BCUT2D eigenvalue weighted by atomic mass is 16.2. The molecule has 4 amide bonds. The van der Waals surface area contributed by atoms with Crippen LogP contribution in [0.1, 0.15) is 76.9 Å². The van der Waals surface area contributed by atoms with Gasteiger partial charge in [0, 0.05) is 36.3 Å². The summed E-state index contributed by atoms with van der Waals surface area (Å²) in [6, 6.07) is 16.8. The molecule has 10 nitrogen and oxygen atoms in total. The third-order valence-electron chi connectivity index (χ3n) is 8.39. The van der Waals surface area contributed by atoms with Gasteiger partial charge >= 0.3 is 0 Å². The highest BCUT2D eigenvalue weighted by Gasteiger charge is 2.44. The minimum absolute atomic E-state index is 0.100. The van der Waals surface area contributed by atoms with Crippen LogP contribution in [0.25, 0.3) is 0 Å². The van der Waals surface area contributed by atoms with Crippen LogP contribution in [0.3, 0.4) is 0 Å². The van der Waals surface area contributed by atoms with E-state index >= 15 is 0 Å². The van der Waals surface area contributed by atoms with Crippen molar-refractivity contribution in [2.24, 2.45) is 5.92 Å². The van der Waals surface area contributed by atoms with E-state index in [4.69, 9.17) is 5.10 Å². The van der Waals surface area contributed by atoms with Gasteiger partial charge in [-0.3, -0.25) is 29.4 Å². The van der Waals surface area contributed by atoms with E-state index in [9.17, 15) is 19.2 Å². The minimum Gasteiger partial charge on any atom is -0.385 e. The molecule has 204 valence electrons. The number of piperidine rings is 1. The van der Waals surface area contributed by atoms with Gasteiger partial charge in [-0.05, 0) is 68.4 Å². The molecule has 3 N–H and O–H groups in total. The Morgan fingerprint density at radius 2 is 1.65 bits per heavy atom. The lowest BCUT2D eigenvalue weighted by Gasteiger charge is -2.36. The number of imide groups is 2. The minimum atomic E-state index is -0.961. The average molecular weight is 539 g/mol. The first-order valence-corrected chi connectivity index (χ1v) is 14.0. The summed E-state index contributed by atoms with van der Waals surface area (Å²) in [7, 11) is 0. The lowest BCUT2D eigenvalue weighted by atomic mass is 9.80. The number of benzene rings is 2. The Morgan fingerprint density at radius 3 is 2.40 bits per heavy atom. The Balaban J connectivity index is 0.987. The summed E-state index contributed by atoms with van der Waals surface area (Å²) < 4.78 is 2.15. The maximum Gasteiger partial charge on any atom is 0.262 e. The van der Waals surface area contributed by atoms with Crippen LogP contribution in [0.5, 0.6) is 0 Å². The Hall–Kier alpha value is -4.47. The largest absolute Gasteiger partial charge is 0.385 e. The van der Waals surface area contributed by atoms with Crippen molar-refractivity contribution in [2.45, 2.75) is 56.5 Å². The zero-order valence-corrected chi connectivity index (χ0v) is 21.9. The van der Waals surface area contributed by atoms with Gasteiger partial charge in [0.15, 0.2) is 0 Å². The van der Waals surface area contributed by atoms with Crippen LogP contribution in [-0.2, 0) is 9.59 Å². The fourth-order valence-electron chi connectivity index (χ4n) is 5.94.